The fourth-order valence-corrected chi connectivity index (χ4v) is 4.23. The molecule has 0 fully saturated rings. The minimum atomic E-state index is -3.98. The molecule has 0 aliphatic rings. The molecule has 0 radical (unpaired) electrons. The predicted octanol–water partition coefficient (Wildman–Crippen LogP) is -1.56. The van der Waals surface area contributed by atoms with Gasteiger partial charge < -0.3 is 25.7 Å². The summed E-state index contributed by atoms with van der Waals surface area (Å²) < 4.78 is 28.7. The Morgan fingerprint density at radius 1 is 1.24 bits per heavy atom. The number of aldehydes is 1. The van der Waals surface area contributed by atoms with Crippen LogP contribution in [-0.2, 0) is 39.0 Å². The maximum Gasteiger partial charge on any atom is 0.331 e. The van der Waals surface area contributed by atoms with Crippen molar-refractivity contribution in [2.45, 2.75) is 31.2 Å². The molecule has 184 valence electrons. The number of amides is 1. The van der Waals surface area contributed by atoms with Crippen LogP contribution in [0.1, 0.15) is 18.4 Å². The molecule has 1 aromatic heterocycles. The van der Waals surface area contributed by atoms with E-state index >= 15 is 0 Å². The zero-order valence-electron chi connectivity index (χ0n) is 18.5. The molecule has 1 aromatic carbocycles. The summed E-state index contributed by atoms with van der Waals surface area (Å²) in [6.07, 6.45) is 2.21. The maximum absolute atomic E-state index is 12.8. The molecule has 0 aliphatic carbocycles. The number of carbonyl (C=O) groups excluding carboxylic acids is 2. The monoisotopic (exact) mass is 493 g/mol. The first-order valence-electron chi connectivity index (χ1n) is 10.2. The Morgan fingerprint density at radius 3 is 2.53 bits per heavy atom. The number of guanidine groups is 1. The molecule has 13 nitrogen and oxygen atoms in total. The summed E-state index contributed by atoms with van der Waals surface area (Å²) >= 11 is 0. The fourth-order valence-electron chi connectivity index (χ4n) is 3.05. The lowest BCUT2D eigenvalue weighted by Crippen LogP contribution is -2.46. The van der Waals surface area contributed by atoms with Crippen LogP contribution in [0.15, 0.2) is 46.1 Å². The number of aryl methyl sites for hydroxylation is 1. The SMILES string of the molecule is Cn1cc(NS(=O)(=O)Cc2ccccc2)c(=O)n(CC(=O)N[C@H](C=O)CCCNC(=N)N)c1=O. The normalized spacial score (nSPS) is 11.9. The second kappa shape index (κ2) is 11.8. The lowest BCUT2D eigenvalue weighted by Gasteiger charge is -2.15. The lowest BCUT2D eigenvalue weighted by molar-refractivity contribution is -0.124. The molecular formula is C20H27N7O6S. The molecule has 0 saturated heterocycles. The van der Waals surface area contributed by atoms with Gasteiger partial charge in [0, 0.05) is 19.8 Å². The number of nitrogens with zero attached hydrogens (tertiary/aromatic N) is 2. The average molecular weight is 494 g/mol. The van der Waals surface area contributed by atoms with Gasteiger partial charge in [-0.2, -0.15) is 0 Å². The van der Waals surface area contributed by atoms with Gasteiger partial charge >= 0.3 is 5.69 Å². The van der Waals surface area contributed by atoms with Crippen LogP contribution in [0.5, 0.6) is 0 Å². The highest BCUT2D eigenvalue weighted by atomic mass is 32.2. The van der Waals surface area contributed by atoms with E-state index in [-0.39, 0.29) is 12.4 Å². The molecule has 1 amide bonds. The van der Waals surface area contributed by atoms with Crippen molar-refractivity contribution >= 4 is 33.9 Å². The molecule has 0 saturated carbocycles. The molecule has 2 aromatic rings. The fraction of sp³-hybridized carbons (Fsp3) is 0.350. The number of sulfonamides is 1. The molecule has 14 heteroatoms. The summed E-state index contributed by atoms with van der Waals surface area (Å²) in [7, 11) is -2.68. The molecule has 34 heavy (non-hydrogen) atoms. The van der Waals surface area contributed by atoms with Gasteiger partial charge in [0.05, 0.1) is 11.8 Å². The van der Waals surface area contributed by atoms with E-state index < -0.39 is 51.2 Å². The molecule has 0 unspecified atom stereocenters. The van der Waals surface area contributed by atoms with E-state index in [1.165, 1.54) is 7.05 Å². The number of benzene rings is 1. The van der Waals surface area contributed by atoms with Crippen molar-refractivity contribution in [2.24, 2.45) is 12.8 Å². The van der Waals surface area contributed by atoms with E-state index in [1.807, 2.05) is 0 Å². The smallest absolute Gasteiger partial charge is 0.331 e. The highest BCUT2D eigenvalue weighted by molar-refractivity contribution is 7.91. The zero-order valence-corrected chi connectivity index (χ0v) is 19.3. The molecule has 6 N–H and O–H groups in total. The summed E-state index contributed by atoms with van der Waals surface area (Å²) in [5.41, 5.74) is 3.44. The van der Waals surface area contributed by atoms with E-state index in [1.54, 1.807) is 30.3 Å². The van der Waals surface area contributed by atoms with Gasteiger partial charge in [-0.25, -0.2) is 17.8 Å². The summed E-state index contributed by atoms with van der Waals surface area (Å²) in [5, 5.41) is 12.0. The van der Waals surface area contributed by atoms with Crippen molar-refractivity contribution in [3.63, 3.8) is 0 Å². The summed E-state index contributed by atoms with van der Waals surface area (Å²) in [4.78, 5) is 48.8. The highest BCUT2D eigenvalue weighted by Crippen LogP contribution is 2.08. The van der Waals surface area contributed by atoms with Gasteiger partial charge in [-0.05, 0) is 18.4 Å². The van der Waals surface area contributed by atoms with Crippen LogP contribution in [0.3, 0.4) is 0 Å². The molecule has 0 bridgehead atoms. The third-order valence-electron chi connectivity index (χ3n) is 4.62. The van der Waals surface area contributed by atoms with Crippen molar-refractivity contribution < 1.29 is 18.0 Å². The van der Waals surface area contributed by atoms with Crippen LogP contribution >= 0.6 is 0 Å². The van der Waals surface area contributed by atoms with Crippen LogP contribution < -0.4 is 32.3 Å². The number of hydrogen-bond acceptors (Lipinski definition) is 7. The molecule has 0 spiro atoms. The number of aromatic nitrogens is 2. The minimum absolute atomic E-state index is 0.221. The molecule has 1 atom stereocenters. The van der Waals surface area contributed by atoms with E-state index in [4.69, 9.17) is 11.1 Å². The minimum Gasteiger partial charge on any atom is -0.370 e. The quantitative estimate of drug-likeness (QED) is 0.101. The van der Waals surface area contributed by atoms with Gasteiger partial charge in [-0.3, -0.25) is 19.7 Å². The Bertz CT molecular complexity index is 1250. The first-order valence-corrected chi connectivity index (χ1v) is 11.8. The molecule has 0 aliphatic heterocycles. The number of nitrogens with two attached hydrogens (primary N) is 1. The van der Waals surface area contributed by atoms with Gasteiger partial charge in [-0.15, -0.1) is 0 Å². The average Bonchev–Trinajstić information content (AvgIpc) is 2.77. The predicted molar refractivity (Wildman–Crippen MR) is 126 cm³/mol. The Hall–Kier alpha value is -3.94. The number of hydrogen-bond donors (Lipinski definition) is 5. The maximum atomic E-state index is 12.8. The van der Waals surface area contributed by atoms with Gasteiger partial charge in [0.2, 0.25) is 15.9 Å². The highest BCUT2D eigenvalue weighted by Gasteiger charge is 2.19. The first kappa shape index (κ1) is 26.3. The second-order valence-electron chi connectivity index (χ2n) is 7.47. The largest absolute Gasteiger partial charge is 0.370 e. The Labute approximate surface area is 195 Å². The van der Waals surface area contributed by atoms with Crippen LogP contribution in [0, 0.1) is 5.41 Å². The molecule has 2 rings (SSSR count). The van der Waals surface area contributed by atoms with Crippen LogP contribution in [0.25, 0.3) is 0 Å². The van der Waals surface area contributed by atoms with Gasteiger partial charge in [0.25, 0.3) is 5.56 Å². The first-order chi connectivity index (χ1) is 16.0. The van der Waals surface area contributed by atoms with Crippen molar-refractivity contribution in [2.75, 3.05) is 11.3 Å². The summed E-state index contributed by atoms with van der Waals surface area (Å²) in [6, 6.07) is 7.43. The van der Waals surface area contributed by atoms with E-state index in [0.29, 0.717) is 29.4 Å². The Balaban J connectivity index is 2.14. The van der Waals surface area contributed by atoms with Crippen molar-refractivity contribution in [3.05, 3.63) is 62.9 Å². The number of nitrogens with one attached hydrogen (secondary N) is 4. The number of anilines is 1. The van der Waals surface area contributed by atoms with E-state index in [9.17, 15) is 27.6 Å². The summed E-state index contributed by atoms with van der Waals surface area (Å²) in [5.74, 6) is -1.39. The van der Waals surface area contributed by atoms with Crippen molar-refractivity contribution in [1.29, 1.82) is 5.41 Å². The van der Waals surface area contributed by atoms with Gasteiger partial charge in [-0.1, -0.05) is 30.3 Å². The Kier molecular flexibility index (Phi) is 9.12. The van der Waals surface area contributed by atoms with Crippen LogP contribution in [-0.4, -0.2) is 48.3 Å². The standard InChI is InChI=1S/C20H27N7O6S/c1-26-10-16(25-34(32,33)13-14-6-3-2-4-7-14)18(30)27(20(26)31)11-17(29)24-15(12-28)8-5-9-23-19(21)22/h2-4,6-7,10,12,15,25H,5,8-9,11,13H2,1H3,(H,24,29)(H4,21,22,23)/t15-/m0/s1. The van der Waals surface area contributed by atoms with Crippen molar-refractivity contribution in [1.82, 2.24) is 19.8 Å². The number of rotatable bonds is 12. The van der Waals surface area contributed by atoms with Crippen molar-refractivity contribution in [3.8, 4) is 0 Å². The summed E-state index contributed by atoms with van der Waals surface area (Å²) in [6.45, 7) is -0.392. The van der Waals surface area contributed by atoms with Crippen LogP contribution in [0.4, 0.5) is 5.69 Å². The molecule has 1 heterocycles. The Morgan fingerprint density at radius 2 is 1.91 bits per heavy atom. The zero-order chi connectivity index (χ0) is 25.3. The lowest BCUT2D eigenvalue weighted by atomic mass is 10.1. The topological polar surface area (TPSA) is 198 Å². The third-order valence-corrected chi connectivity index (χ3v) is 5.86. The van der Waals surface area contributed by atoms with E-state index in [2.05, 4.69) is 15.4 Å². The third kappa shape index (κ3) is 7.88. The van der Waals surface area contributed by atoms with Gasteiger partial charge in [0.15, 0.2) is 5.96 Å². The van der Waals surface area contributed by atoms with E-state index in [0.717, 1.165) is 10.8 Å². The van der Waals surface area contributed by atoms with Gasteiger partial charge in [0.1, 0.15) is 18.5 Å². The van der Waals surface area contributed by atoms with Crippen LogP contribution in [0.2, 0.25) is 0 Å². The number of carbonyl (C=O) groups is 2. The molecular weight excluding hydrogens is 466 g/mol. The second-order valence-corrected chi connectivity index (χ2v) is 9.19.